The molecule has 0 aromatic rings. The van der Waals surface area contributed by atoms with Gasteiger partial charge in [0.1, 0.15) is 6.10 Å². The highest BCUT2D eigenvalue weighted by Gasteiger charge is 2.55. The maximum Gasteiger partial charge on any atom is 0.303 e. The highest BCUT2D eigenvalue weighted by molar-refractivity contribution is 5.87. The van der Waals surface area contributed by atoms with Gasteiger partial charge in [0.2, 0.25) is 0 Å². The van der Waals surface area contributed by atoms with Crippen LogP contribution in [0.2, 0.25) is 0 Å². The number of hydrogen-bond donors (Lipinski definition) is 0. The molecule has 0 bridgehead atoms. The second-order valence-electron chi connectivity index (χ2n) is 5.11. The second kappa shape index (κ2) is 5.03. The van der Waals surface area contributed by atoms with Gasteiger partial charge in [-0.25, -0.2) is 0 Å². The van der Waals surface area contributed by atoms with Crippen LogP contribution in [0.1, 0.15) is 27.7 Å². The molecule has 0 radical (unpaired) electrons. The molecule has 2 rings (SSSR count). The summed E-state index contributed by atoms with van der Waals surface area (Å²) < 4.78 is 22.1. The SMILES string of the molecule is CC(=O)/C=C/C1O[C@@H]2OC(C)(C)O[C@@H]2[C@H]1OC(C)=O. The van der Waals surface area contributed by atoms with Crippen LogP contribution in [0.3, 0.4) is 0 Å². The van der Waals surface area contributed by atoms with Crippen LogP contribution in [0.5, 0.6) is 0 Å². The number of carbonyl (C=O) groups is 2. The standard InChI is InChI=1S/C13H18O6/c1-7(14)5-6-9-10(16-8(2)15)11-12(17-9)19-13(3,4)18-11/h5-6,9-12H,1-4H3/b6-5+/t9?,10-,11+,12+/m0/s1. The molecular formula is C13H18O6. The average Bonchev–Trinajstić information content (AvgIpc) is 2.69. The molecule has 19 heavy (non-hydrogen) atoms. The number of hydrogen-bond acceptors (Lipinski definition) is 6. The molecular weight excluding hydrogens is 252 g/mol. The Bertz CT molecular complexity index is 413. The van der Waals surface area contributed by atoms with E-state index in [-0.39, 0.29) is 5.78 Å². The molecule has 0 N–H and O–H groups in total. The first kappa shape index (κ1) is 14.2. The molecule has 0 amide bonds. The Labute approximate surface area is 111 Å². The monoisotopic (exact) mass is 270 g/mol. The summed E-state index contributed by atoms with van der Waals surface area (Å²) in [5.74, 6) is -1.31. The highest BCUT2D eigenvalue weighted by atomic mass is 16.8. The Morgan fingerprint density at radius 3 is 2.47 bits per heavy atom. The number of rotatable bonds is 3. The molecule has 0 saturated carbocycles. The van der Waals surface area contributed by atoms with Crippen molar-refractivity contribution < 1.29 is 28.5 Å². The lowest BCUT2D eigenvalue weighted by atomic mass is 10.1. The first-order valence-corrected chi connectivity index (χ1v) is 6.15. The van der Waals surface area contributed by atoms with Crippen molar-refractivity contribution >= 4 is 11.8 Å². The van der Waals surface area contributed by atoms with E-state index in [1.165, 1.54) is 19.9 Å². The van der Waals surface area contributed by atoms with Crippen LogP contribution in [-0.2, 0) is 28.5 Å². The van der Waals surface area contributed by atoms with E-state index in [4.69, 9.17) is 18.9 Å². The lowest BCUT2D eigenvalue weighted by molar-refractivity contribution is -0.212. The molecule has 106 valence electrons. The van der Waals surface area contributed by atoms with E-state index in [0.717, 1.165) is 0 Å². The predicted molar refractivity (Wildman–Crippen MR) is 64.1 cm³/mol. The van der Waals surface area contributed by atoms with E-state index in [2.05, 4.69) is 0 Å². The number of ketones is 1. The van der Waals surface area contributed by atoms with E-state index >= 15 is 0 Å². The Hall–Kier alpha value is -1.24. The van der Waals surface area contributed by atoms with Gasteiger partial charge in [-0.3, -0.25) is 9.59 Å². The van der Waals surface area contributed by atoms with Crippen LogP contribution in [0.15, 0.2) is 12.2 Å². The predicted octanol–water partition coefficient (Wildman–Crippen LogP) is 0.940. The summed E-state index contributed by atoms with van der Waals surface area (Å²) in [4.78, 5) is 22.1. The van der Waals surface area contributed by atoms with Crippen LogP contribution in [0.4, 0.5) is 0 Å². The first-order chi connectivity index (χ1) is 8.78. The van der Waals surface area contributed by atoms with E-state index in [9.17, 15) is 9.59 Å². The van der Waals surface area contributed by atoms with Crippen molar-refractivity contribution in [1.82, 2.24) is 0 Å². The third kappa shape index (κ3) is 3.20. The molecule has 2 aliphatic heterocycles. The van der Waals surface area contributed by atoms with Gasteiger partial charge in [0.15, 0.2) is 30.1 Å². The Kier molecular flexibility index (Phi) is 3.75. The maximum atomic E-state index is 11.2. The largest absolute Gasteiger partial charge is 0.456 e. The van der Waals surface area contributed by atoms with Crippen molar-refractivity contribution in [3.63, 3.8) is 0 Å². The molecule has 2 heterocycles. The average molecular weight is 270 g/mol. The van der Waals surface area contributed by atoms with Crippen LogP contribution >= 0.6 is 0 Å². The van der Waals surface area contributed by atoms with E-state index in [1.807, 2.05) is 0 Å². The smallest absolute Gasteiger partial charge is 0.303 e. The van der Waals surface area contributed by atoms with E-state index < -0.39 is 36.4 Å². The molecule has 2 saturated heterocycles. The summed E-state index contributed by atoms with van der Waals surface area (Å²) in [7, 11) is 0. The fourth-order valence-electron chi connectivity index (χ4n) is 2.22. The summed E-state index contributed by atoms with van der Waals surface area (Å²) >= 11 is 0. The topological polar surface area (TPSA) is 71.1 Å². The minimum Gasteiger partial charge on any atom is -0.456 e. The zero-order valence-electron chi connectivity index (χ0n) is 11.4. The van der Waals surface area contributed by atoms with Gasteiger partial charge in [0.05, 0.1) is 0 Å². The minimum atomic E-state index is -0.775. The molecule has 0 aromatic carbocycles. The lowest BCUT2D eigenvalue weighted by Gasteiger charge is -2.23. The summed E-state index contributed by atoms with van der Waals surface area (Å²) in [6, 6.07) is 0. The molecule has 0 spiro atoms. The highest BCUT2D eigenvalue weighted by Crippen LogP contribution is 2.39. The molecule has 6 nitrogen and oxygen atoms in total. The van der Waals surface area contributed by atoms with E-state index in [1.54, 1.807) is 19.9 Å². The fourth-order valence-corrected chi connectivity index (χ4v) is 2.22. The van der Waals surface area contributed by atoms with Gasteiger partial charge in [-0.05, 0) is 32.9 Å². The maximum absolute atomic E-state index is 11.2. The summed E-state index contributed by atoms with van der Waals surface area (Å²) in [5, 5.41) is 0. The van der Waals surface area contributed by atoms with Crippen molar-refractivity contribution in [3.8, 4) is 0 Å². The molecule has 4 atom stereocenters. The fraction of sp³-hybridized carbons (Fsp3) is 0.692. The summed E-state index contributed by atoms with van der Waals surface area (Å²) in [6.07, 6.45) is 0.710. The zero-order valence-corrected chi connectivity index (χ0v) is 11.4. The van der Waals surface area contributed by atoms with Crippen molar-refractivity contribution in [1.29, 1.82) is 0 Å². The van der Waals surface area contributed by atoms with Crippen LogP contribution < -0.4 is 0 Å². The summed E-state index contributed by atoms with van der Waals surface area (Å²) in [5.41, 5.74) is 0. The molecule has 0 aliphatic carbocycles. The number of fused-ring (bicyclic) bond motifs is 1. The van der Waals surface area contributed by atoms with Crippen LogP contribution in [-0.4, -0.2) is 42.1 Å². The number of carbonyl (C=O) groups excluding carboxylic acids is 2. The van der Waals surface area contributed by atoms with Crippen molar-refractivity contribution in [2.45, 2.75) is 58.1 Å². The third-order valence-electron chi connectivity index (χ3n) is 2.85. The number of esters is 1. The number of allylic oxidation sites excluding steroid dienone is 1. The quantitative estimate of drug-likeness (QED) is 0.561. The summed E-state index contributed by atoms with van der Waals surface area (Å²) in [6.45, 7) is 6.28. The van der Waals surface area contributed by atoms with Gasteiger partial charge in [0.25, 0.3) is 0 Å². The van der Waals surface area contributed by atoms with Crippen molar-refractivity contribution in [3.05, 3.63) is 12.2 Å². The second-order valence-corrected chi connectivity index (χ2v) is 5.11. The minimum absolute atomic E-state index is 0.107. The zero-order chi connectivity index (χ0) is 14.2. The van der Waals surface area contributed by atoms with Gasteiger partial charge in [-0.1, -0.05) is 0 Å². The van der Waals surface area contributed by atoms with Gasteiger partial charge < -0.3 is 18.9 Å². The van der Waals surface area contributed by atoms with Gasteiger partial charge in [-0.2, -0.15) is 0 Å². The molecule has 6 heteroatoms. The molecule has 2 aliphatic rings. The molecule has 0 aromatic heterocycles. The van der Waals surface area contributed by atoms with Gasteiger partial charge >= 0.3 is 5.97 Å². The number of ether oxygens (including phenoxy) is 4. The Balaban J connectivity index is 2.14. The van der Waals surface area contributed by atoms with Gasteiger partial charge in [-0.15, -0.1) is 0 Å². The normalized spacial score (nSPS) is 36.4. The van der Waals surface area contributed by atoms with E-state index in [0.29, 0.717) is 0 Å². The molecule has 2 fully saturated rings. The van der Waals surface area contributed by atoms with Crippen LogP contribution in [0, 0.1) is 0 Å². The Morgan fingerprint density at radius 1 is 1.21 bits per heavy atom. The Morgan fingerprint density at radius 2 is 1.89 bits per heavy atom. The molecule has 1 unspecified atom stereocenters. The van der Waals surface area contributed by atoms with Crippen LogP contribution in [0.25, 0.3) is 0 Å². The van der Waals surface area contributed by atoms with Gasteiger partial charge in [0, 0.05) is 6.92 Å². The third-order valence-corrected chi connectivity index (χ3v) is 2.85. The first-order valence-electron chi connectivity index (χ1n) is 6.15. The van der Waals surface area contributed by atoms with Crippen molar-refractivity contribution in [2.75, 3.05) is 0 Å². The lowest BCUT2D eigenvalue weighted by Crippen LogP contribution is -2.37. The van der Waals surface area contributed by atoms with Crippen molar-refractivity contribution in [2.24, 2.45) is 0 Å².